The van der Waals surface area contributed by atoms with Crippen LogP contribution in [0.25, 0.3) is 11.4 Å². The molecule has 2 heteroatoms. The van der Waals surface area contributed by atoms with E-state index >= 15 is 0 Å². The van der Waals surface area contributed by atoms with Gasteiger partial charge in [-0.3, -0.25) is 0 Å². The SMILES string of the molecule is Cc1cc(-[n+]2ccccc2C)c(C)c(-[n+]2ccccc2C)c1. The second-order valence-corrected chi connectivity index (χ2v) is 5.85. The molecule has 0 aliphatic heterocycles. The second kappa shape index (κ2) is 5.72. The number of rotatable bonds is 2. The summed E-state index contributed by atoms with van der Waals surface area (Å²) in [5.74, 6) is 0. The minimum Gasteiger partial charge on any atom is -0.164 e. The normalized spacial score (nSPS) is 10.7. The Hall–Kier alpha value is -2.48. The summed E-state index contributed by atoms with van der Waals surface area (Å²) >= 11 is 0. The van der Waals surface area contributed by atoms with Crippen LogP contribution in [0.4, 0.5) is 0 Å². The number of nitrogens with zero attached hydrogens (tertiary/aromatic N) is 2. The molecule has 3 rings (SSSR count). The number of pyridine rings is 2. The predicted molar refractivity (Wildman–Crippen MR) is 88.5 cm³/mol. The third-order valence-electron chi connectivity index (χ3n) is 4.14. The Balaban J connectivity index is 2.28. The van der Waals surface area contributed by atoms with E-state index in [-0.39, 0.29) is 0 Å². The molecule has 0 bridgehead atoms. The highest BCUT2D eigenvalue weighted by molar-refractivity contribution is 5.47. The fourth-order valence-electron chi connectivity index (χ4n) is 2.92. The number of benzene rings is 1. The van der Waals surface area contributed by atoms with Crippen LogP contribution in [0.5, 0.6) is 0 Å². The highest BCUT2D eigenvalue weighted by Crippen LogP contribution is 2.18. The van der Waals surface area contributed by atoms with Crippen molar-refractivity contribution in [2.75, 3.05) is 0 Å². The standard InChI is InChI=1S/C20H22N2/c1-15-13-19(21-11-7-5-9-16(21)2)18(4)20(14-15)22-12-8-6-10-17(22)3/h5-14H,1-4H3/q+2. The van der Waals surface area contributed by atoms with Gasteiger partial charge in [0.05, 0.1) is 5.56 Å². The lowest BCUT2D eigenvalue weighted by atomic mass is 10.1. The van der Waals surface area contributed by atoms with Crippen molar-refractivity contribution in [3.8, 4) is 11.4 Å². The van der Waals surface area contributed by atoms with E-state index in [0.717, 1.165) is 0 Å². The van der Waals surface area contributed by atoms with Gasteiger partial charge in [0.1, 0.15) is 0 Å². The molecular weight excluding hydrogens is 268 g/mol. The largest absolute Gasteiger partial charge is 0.220 e. The van der Waals surface area contributed by atoms with Crippen LogP contribution in [0.15, 0.2) is 60.9 Å². The van der Waals surface area contributed by atoms with Crippen molar-refractivity contribution in [1.29, 1.82) is 0 Å². The van der Waals surface area contributed by atoms with Crippen molar-refractivity contribution in [3.05, 3.63) is 83.4 Å². The zero-order chi connectivity index (χ0) is 15.7. The topological polar surface area (TPSA) is 7.76 Å². The lowest BCUT2D eigenvalue weighted by Crippen LogP contribution is -2.39. The molecule has 0 fully saturated rings. The Morgan fingerprint density at radius 2 is 1.09 bits per heavy atom. The van der Waals surface area contributed by atoms with E-state index in [1.807, 2.05) is 0 Å². The van der Waals surface area contributed by atoms with Gasteiger partial charge in [0.25, 0.3) is 0 Å². The first kappa shape index (κ1) is 14.5. The minimum atomic E-state index is 1.23. The van der Waals surface area contributed by atoms with Crippen LogP contribution in [0.3, 0.4) is 0 Å². The van der Waals surface area contributed by atoms with Gasteiger partial charge in [-0.25, -0.2) is 0 Å². The van der Waals surface area contributed by atoms with Crippen molar-refractivity contribution >= 4 is 0 Å². The predicted octanol–water partition coefficient (Wildman–Crippen LogP) is 3.47. The highest BCUT2D eigenvalue weighted by atomic mass is 15.0. The summed E-state index contributed by atoms with van der Waals surface area (Å²) in [7, 11) is 0. The maximum absolute atomic E-state index is 2.25. The maximum Gasteiger partial charge on any atom is 0.220 e. The van der Waals surface area contributed by atoms with E-state index in [9.17, 15) is 0 Å². The maximum atomic E-state index is 2.25. The van der Waals surface area contributed by atoms with Crippen molar-refractivity contribution in [3.63, 3.8) is 0 Å². The summed E-state index contributed by atoms with van der Waals surface area (Å²) in [4.78, 5) is 0. The van der Waals surface area contributed by atoms with Gasteiger partial charge in [-0.1, -0.05) is 12.1 Å². The van der Waals surface area contributed by atoms with Crippen LogP contribution in [-0.4, -0.2) is 0 Å². The van der Waals surface area contributed by atoms with E-state index < -0.39 is 0 Å². The molecule has 0 N–H and O–H groups in total. The van der Waals surface area contributed by atoms with Gasteiger partial charge < -0.3 is 0 Å². The number of aryl methyl sites for hydroxylation is 3. The van der Waals surface area contributed by atoms with Gasteiger partial charge in [-0.05, 0) is 19.4 Å². The lowest BCUT2D eigenvalue weighted by Gasteiger charge is -2.08. The molecule has 0 unspecified atom stereocenters. The second-order valence-electron chi connectivity index (χ2n) is 5.85. The fraction of sp³-hybridized carbons (Fsp3) is 0.200. The zero-order valence-electron chi connectivity index (χ0n) is 13.7. The average molecular weight is 290 g/mol. The lowest BCUT2D eigenvalue weighted by molar-refractivity contribution is -0.611. The van der Waals surface area contributed by atoms with E-state index in [4.69, 9.17) is 0 Å². The summed E-state index contributed by atoms with van der Waals surface area (Å²) < 4.78 is 4.51. The molecule has 0 saturated heterocycles. The van der Waals surface area contributed by atoms with Gasteiger partial charge >= 0.3 is 0 Å². The zero-order valence-corrected chi connectivity index (χ0v) is 13.7. The summed E-state index contributed by atoms with van der Waals surface area (Å²) in [6.45, 7) is 8.64. The fourth-order valence-corrected chi connectivity index (χ4v) is 2.92. The first-order chi connectivity index (χ1) is 10.6. The molecule has 110 valence electrons. The molecule has 1 aromatic carbocycles. The van der Waals surface area contributed by atoms with Crippen LogP contribution in [0.1, 0.15) is 22.5 Å². The Morgan fingerprint density at radius 1 is 0.636 bits per heavy atom. The first-order valence-electron chi connectivity index (χ1n) is 7.64. The van der Waals surface area contributed by atoms with Crippen LogP contribution in [0, 0.1) is 27.7 Å². The van der Waals surface area contributed by atoms with Crippen molar-refractivity contribution < 1.29 is 9.13 Å². The van der Waals surface area contributed by atoms with Crippen molar-refractivity contribution in [1.82, 2.24) is 0 Å². The van der Waals surface area contributed by atoms with Crippen LogP contribution < -0.4 is 9.13 Å². The molecule has 0 radical (unpaired) electrons. The van der Waals surface area contributed by atoms with Gasteiger partial charge in [-0.15, -0.1) is 0 Å². The summed E-state index contributed by atoms with van der Waals surface area (Å²) in [6.07, 6.45) is 4.26. The van der Waals surface area contributed by atoms with Crippen molar-refractivity contribution in [2.45, 2.75) is 27.7 Å². The van der Waals surface area contributed by atoms with Gasteiger partial charge in [-0.2, -0.15) is 9.13 Å². The van der Waals surface area contributed by atoms with Crippen LogP contribution in [-0.2, 0) is 0 Å². The average Bonchev–Trinajstić information content (AvgIpc) is 2.51. The summed E-state index contributed by atoms with van der Waals surface area (Å²) in [5.41, 5.74) is 7.49. The monoisotopic (exact) mass is 290 g/mol. The van der Waals surface area contributed by atoms with Crippen LogP contribution in [0.2, 0.25) is 0 Å². The molecule has 2 aromatic heterocycles. The number of hydrogen-bond acceptors (Lipinski definition) is 0. The van der Waals surface area contributed by atoms with Crippen LogP contribution >= 0.6 is 0 Å². The molecule has 0 aliphatic carbocycles. The minimum absolute atomic E-state index is 1.23. The first-order valence-corrected chi connectivity index (χ1v) is 7.64. The molecular formula is C20H22N2+2. The van der Waals surface area contributed by atoms with E-state index in [1.165, 1.54) is 33.9 Å². The molecule has 0 spiro atoms. The molecule has 3 aromatic rings. The Labute approximate surface area is 132 Å². The van der Waals surface area contributed by atoms with E-state index in [2.05, 4.69) is 97.8 Å². The van der Waals surface area contributed by atoms with Gasteiger partial charge in [0.15, 0.2) is 23.8 Å². The van der Waals surface area contributed by atoms with E-state index in [0.29, 0.717) is 0 Å². The molecule has 0 atom stereocenters. The molecule has 2 nitrogen and oxygen atoms in total. The van der Waals surface area contributed by atoms with Gasteiger partial charge in [0.2, 0.25) is 11.4 Å². The molecule has 0 amide bonds. The third-order valence-corrected chi connectivity index (χ3v) is 4.14. The summed E-state index contributed by atoms with van der Waals surface area (Å²) in [6, 6.07) is 17.1. The Bertz CT molecular complexity index is 768. The Morgan fingerprint density at radius 3 is 1.50 bits per heavy atom. The highest BCUT2D eigenvalue weighted by Gasteiger charge is 2.22. The van der Waals surface area contributed by atoms with E-state index in [1.54, 1.807) is 0 Å². The Kier molecular flexibility index (Phi) is 3.76. The quantitative estimate of drug-likeness (QED) is 0.638. The third kappa shape index (κ3) is 2.52. The molecule has 0 aliphatic rings. The summed E-state index contributed by atoms with van der Waals surface area (Å²) in [5, 5.41) is 0. The smallest absolute Gasteiger partial charge is 0.164 e. The number of aromatic nitrogens is 2. The van der Waals surface area contributed by atoms with Gasteiger partial charge in [0, 0.05) is 50.2 Å². The van der Waals surface area contributed by atoms with Crippen molar-refractivity contribution in [2.24, 2.45) is 0 Å². The number of hydrogen-bond donors (Lipinski definition) is 0. The molecule has 2 heterocycles. The molecule has 0 saturated carbocycles. The molecule has 22 heavy (non-hydrogen) atoms.